The molecule has 2 heterocycles. The van der Waals surface area contributed by atoms with Gasteiger partial charge in [0.2, 0.25) is 0 Å². The highest BCUT2D eigenvalue weighted by molar-refractivity contribution is 6.52. The highest BCUT2D eigenvalue weighted by Crippen LogP contribution is 2.34. The van der Waals surface area contributed by atoms with Gasteiger partial charge < -0.3 is 4.90 Å². The van der Waals surface area contributed by atoms with Crippen LogP contribution in [-0.2, 0) is 18.3 Å². The lowest BCUT2D eigenvalue weighted by Crippen LogP contribution is -2.32. The zero-order valence-corrected chi connectivity index (χ0v) is 12.4. The molecule has 0 aliphatic carbocycles. The number of hydrogen-bond acceptors (Lipinski definition) is 3. The first-order valence-corrected chi connectivity index (χ1v) is 6.94. The minimum absolute atomic E-state index is 0.405. The lowest BCUT2D eigenvalue weighted by atomic mass is 10.0. The number of aromatic nitrogens is 2. The number of aryl methyl sites for hydroxylation is 2. The molecule has 0 saturated carbocycles. The van der Waals surface area contributed by atoms with Crippen molar-refractivity contribution in [3.05, 3.63) is 46.8 Å². The van der Waals surface area contributed by atoms with E-state index in [-0.39, 0.29) is 0 Å². The number of amides is 1. The fourth-order valence-corrected chi connectivity index (χ4v) is 2.76. The Morgan fingerprint density at radius 2 is 1.90 bits per heavy atom. The van der Waals surface area contributed by atoms with Crippen molar-refractivity contribution >= 4 is 17.4 Å². The highest BCUT2D eigenvalue weighted by atomic mass is 16.2. The van der Waals surface area contributed by atoms with E-state index in [4.69, 9.17) is 0 Å². The molecule has 0 N–H and O–H groups in total. The third kappa shape index (κ3) is 2.05. The molecule has 0 radical (unpaired) electrons. The van der Waals surface area contributed by atoms with Crippen LogP contribution in [0, 0.1) is 13.8 Å². The van der Waals surface area contributed by atoms with Crippen LogP contribution in [0.5, 0.6) is 0 Å². The van der Waals surface area contributed by atoms with Gasteiger partial charge in [-0.1, -0.05) is 6.07 Å². The zero-order chi connectivity index (χ0) is 15.1. The maximum absolute atomic E-state index is 12.2. The highest BCUT2D eigenvalue weighted by Gasteiger charge is 2.36. The van der Waals surface area contributed by atoms with Crippen LogP contribution in [0.4, 0.5) is 5.69 Å². The quantitative estimate of drug-likeness (QED) is 0.807. The molecule has 2 aromatic rings. The Kier molecular flexibility index (Phi) is 3.12. The number of nitrogens with zero attached hydrogens (tertiary/aromatic N) is 3. The van der Waals surface area contributed by atoms with Gasteiger partial charge in [-0.15, -0.1) is 0 Å². The van der Waals surface area contributed by atoms with Crippen LogP contribution in [0.3, 0.4) is 0 Å². The normalized spacial score (nSPS) is 14.0. The van der Waals surface area contributed by atoms with Gasteiger partial charge in [-0.05, 0) is 37.1 Å². The maximum atomic E-state index is 12.2. The summed E-state index contributed by atoms with van der Waals surface area (Å²) >= 11 is 0. The Morgan fingerprint density at radius 3 is 2.57 bits per heavy atom. The molecule has 1 aliphatic heterocycles. The Morgan fingerprint density at radius 1 is 1.14 bits per heavy atom. The van der Waals surface area contributed by atoms with Gasteiger partial charge in [-0.3, -0.25) is 14.3 Å². The second-order valence-corrected chi connectivity index (χ2v) is 5.39. The van der Waals surface area contributed by atoms with Gasteiger partial charge in [0, 0.05) is 31.9 Å². The lowest BCUT2D eigenvalue weighted by Gasteiger charge is -2.19. The van der Waals surface area contributed by atoms with Crippen molar-refractivity contribution < 1.29 is 9.59 Å². The van der Waals surface area contributed by atoms with Crippen molar-refractivity contribution in [2.24, 2.45) is 7.05 Å². The SMILES string of the molecule is Cc1ccc2c(c1C)N(CCc1ccnn1C)C(=O)C2=O. The fraction of sp³-hybridized carbons (Fsp3) is 0.312. The Labute approximate surface area is 123 Å². The van der Waals surface area contributed by atoms with Crippen LogP contribution in [0.15, 0.2) is 24.4 Å². The first-order valence-electron chi connectivity index (χ1n) is 6.94. The summed E-state index contributed by atoms with van der Waals surface area (Å²) in [7, 11) is 1.87. The van der Waals surface area contributed by atoms with Crippen molar-refractivity contribution in [1.82, 2.24) is 9.78 Å². The first-order chi connectivity index (χ1) is 10.0. The fourth-order valence-electron chi connectivity index (χ4n) is 2.76. The van der Waals surface area contributed by atoms with Crippen molar-refractivity contribution in [3.8, 4) is 0 Å². The van der Waals surface area contributed by atoms with E-state index in [1.807, 2.05) is 33.0 Å². The number of benzene rings is 1. The summed E-state index contributed by atoms with van der Waals surface area (Å²) in [5.74, 6) is -0.834. The number of fused-ring (bicyclic) bond motifs is 1. The number of hydrogen-bond donors (Lipinski definition) is 0. The van der Waals surface area contributed by atoms with Gasteiger partial charge in [0.15, 0.2) is 0 Å². The summed E-state index contributed by atoms with van der Waals surface area (Å²) in [6, 6.07) is 5.57. The molecule has 1 aliphatic rings. The van der Waals surface area contributed by atoms with E-state index in [1.54, 1.807) is 21.8 Å². The molecule has 0 atom stereocenters. The van der Waals surface area contributed by atoms with E-state index in [1.165, 1.54) is 0 Å². The van der Waals surface area contributed by atoms with Gasteiger partial charge in [-0.25, -0.2) is 0 Å². The van der Waals surface area contributed by atoms with Crippen LogP contribution >= 0.6 is 0 Å². The molecule has 0 unspecified atom stereocenters. The van der Waals surface area contributed by atoms with Gasteiger partial charge in [0.1, 0.15) is 0 Å². The number of anilines is 1. The molecule has 5 nitrogen and oxygen atoms in total. The predicted molar refractivity (Wildman–Crippen MR) is 79.5 cm³/mol. The van der Waals surface area contributed by atoms with Gasteiger partial charge in [-0.2, -0.15) is 5.10 Å². The number of rotatable bonds is 3. The summed E-state index contributed by atoms with van der Waals surface area (Å²) in [5, 5.41) is 4.12. The Balaban J connectivity index is 1.94. The predicted octanol–water partition coefficient (Wildman–Crippen LogP) is 1.81. The smallest absolute Gasteiger partial charge is 0.299 e. The molecule has 0 fully saturated rings. The lowest BCUT2D eigenvalue weighted by molar-refractivity contribution is -0.114. The molecular weight excluding hydrogens is 266 g/mol. The first kappa shape index (κ1) is 13.5. The van der Waals surface area contributed by atoms with Gasteiger partial charge >= 0.3 is 0 Å². The second-order valence-electron chi connectivity index (χ2n) is 5.39. The second kappa shape index (κ2) is 4.84. The van der Waals surface area contributed by atoms with Crippen LogP contribution in [0.2, 0.25) is 0 Å². The van der Waals surface area contributed by atoms with Crippen molar-refractivity contribution in [3.63, 3.8) is 0 Å². The van der Waals surface area contributed by atoms with Gasteiger partial charge in [0.25, 0.3) is 11.7 Å². The summed E-state index contributed by atoms with van der Waals surface area (Å²) in [6.07, 6.45) is 2.40. The molecule has 5 heteroatoms. The van der Waals surface area contributed by atoms with E-state index in [0.29, 0.717) is 18.5 Å². The number of carbonyl (C=O) groups is 2. The third-order valence-electron chi connectivity index (χ3n) is 4.17. The molecular formula is C16H17N3O2. The van der Waals surface area contributed by atoms with E-state index in [0.717, 1.165) is 22.5 Å². The average Bonchev–Trinajstić information content (AvgIpc) is 2.97. The standard InChI is InChI=1S/C16H17N3O2/c1-10-4-5-13-14(11(10)2)19(16(21)15(13)20)9-7-12-6-8-17-18(12)3/h4-6,8H,7,9H2,1-3H3. The van der Waals surface area contributed by atoms with Crippen molar-refractivity contribution in [1.29, 1.82) is 0 Å². The van der Waals surface area contributed by atoms with Crippen molar-refractivity contribution in [2.45, 2.75) is 20.3 Å². The number of ketones is 1. The minimum atomic E-state index is -0.430. The van der Waals surface area contributed by atoms with Gasteiger partial charge in [0.05, 0.1) is 11.3 Å². The minimum Gasteiger partial charge on any atom is -0.304 e. The van der Waals surface area contributed by atoms with Crippen molar-refractivity contribution in [2.75, 3.05) is 11.4 Å². The van der Waals surface area contributed by atoms with E-state index < -0.39 is 11.7 Å². The van der Waals surface area contributed by atoms with Crippen LogP contribution in [0.1, 0.15) is 27.2 Å². The van der Waals surface area contributed by atoms with E-state index in [2.05, 4.69) is 5.10 Å². The van der Waals surface area contributed by atoms with E-state index in [9.17, 15) is 9.59 Å². The number of carbonyl (C=O) groups excluding carboxylic acids is 2. The van der Waals surface area contributed by atoms with Crippen LogP contribution in [-0.4, -0.2) is 28.0 Å². The monoisotopic (exact) mass is 283 g/mol. The van der Waals surface area contributed by atoms with E-state index >= 15 is 0 Å². The summed E-state index contributed by atoms with van der Waals surface area (Å²) in [6.45, 7) is 4.43. The topological polar surface area (TPSA) is 55.2 Å². The third-order valence-corrected chi connectivity index (χ3v) is 4.17. The van der Waals surface area contributed by atoms with Crippen LogP contribution < -0.4 is 4.90 Å². The molecule has 0 spiro atoms. The molecule has 21 heavy (non-hydrogen) atoms. The molecule has 1 aromatic carbocycles. The molecule has 3 rings (SSSR count). The average molecular weight is 283 g/mol. The number of Topliss-reactive ketones (excluding diaryl/α,β-unsaturated/α-hetero) is 1. The Bertz CT molecular complexity index is 746. The zero-order valence-electron chi connectivity index (χ0n) is 12.4. The van der Waals surface area contributed by atoms with Crippen LogP contribution in [0.25, 0.3) is 0 Å². The molecule has 0 saturated heterocycles. The molecule has 1 amide bonds. The summed E-state index contributed by atoms with van der Waals surface area (Å²) in [5.41, 5.74) is 4.41. The maximum Gasteiger partial charge on any atom is 0.299 e. The molecule has 108 valence electrons. The summed E-state index contributed by atoms with van der Waals surface area (Å²) in [4.78, 5) is 25.9. The molecule has 1 aromatic heterocycles. The molecule has 0 bridgehead atoms. The largest absolute Gasteiger partial charge is 0.304 e. The summed E-state index contributed by atoms with van der Waals surface area (Å²) < 4.78 is 1.78. The Hall–Kier alpha value is -2.43.